The standard InChI is InChI=1S/C12H13FN2O/c1-3-15(7-6-14)12(16)10-8-9(2)4-5-11(10)13/h4-5,8H,3,7H2,1-2H3. The van der Waals surface area contributed by atoms with Crippen molar-refractivity contribution in [2.24, 2.45) is 0 Å². The fourth-order valence-electron chi connectivity index (χ4n) is 1.39. The van der Waals surface area contributed by atoms with Crippen LogP contribution in [-0.2, 0) is 0 Å². The second kappa shape index (κ2) is 5.26. The highest BCUT2D eigenvalue weighted by Crippen LogP contribution is 2.12. The van der Waals surface area contributed by atoms with Crippen LogP contribution in [0.25, 0.3) is 0 Å². The first kappa shape index (κ1) is 12.2. The predicted octanol–water partition coefficient (Wildman–Crippen LogP) is 2.12. The molecule has 1 rings (SSSR count). The third-order valence-corrected chi connectivity index (χ3v) is 2.28. The number of benzene rings is 1. The lowest BCUT2D eigenvalue weighted by Gasteiger charge is -2.17. The number of carbonyl (C=O) groups excluding carboxylic acids is 1. The number of hydrogen-bond acceptors (Lipinski definition) is 2. The highest BCUT2D eigenvalue weighted by molar-refractivity contribution is 5.94. The number of rotatable bonds is 3. The lowest BCUT2D eigenvalue weighted by atomic mass is 10.1. The van der Waals surface area contributed by atoms with Gasteiger partial charge in [-0.05, 0) is 26.0 Å². The fraction of sp³-hybridized carbons (Fsp3) is 0.333. The Balaban J connectivity index is 3.03. The smallest absolute Gasteiger partial charge is 0.257 e. The van der Waals surface area contributed by atoms with Crippen molar-refractivity contribution in [1.29, 1.82) is 5.26 Å². The van der Waals surface area contributed by atoms with Gasteiger partial charge in [0.15, 0.2) is 0 Å². The lowest BCUT2D eigenvalue weighted by molar-refractivity contribution is 0.0779. The molecule has 84 valence electrons. The topological polar surface area (TPSA) is 44.1 Å². The van der Waals surface area contributed by atoms with E-state index in [9.17, 15) is 9.18 Å². The van der Waals surface area contributed by atoms with Crippen molar-refractivity contribution in [2.75, 3.05) is 13.1 Å². The van der Waals surface area contributed by atoms with Crippen molar-refractivity contribution in [3.63, 3.8) is 0 Å². The molecule has 1 aromatic carbocycles. The molecule has 0 aliphatic heterocycles. The second-order valence-corrected chi connectivity index (χ2v) is 3.46. The lowest BCUT2D eigenvalue weighted by Crippen LogP contribution is -2.31. The molecule has 0 fully saturated rings. The number of hydrogen-bond donors (Lipinski definition) is 0. The first-order valence-corrected chi connectivity index (χ1v) is 5.02. The van der Waals surface area contributed by atoms with Crippen LogP contribution >= 0.6 is 0 Å². The van der Waals surface area contributed by atoms with Crippen LogP contribution in [0.2, 0.25) is 0 Å². The minimum atomic E-state index is -0.549. The van der Waals surface area contributed by atoms with Crippen molar-refractivity contribution >= 4 is 5.91 Å². The Labute approximate surface area is 94.1 Å². The van der Waals surface area contributed by atoms with Crippen molar-refractivity contribution in [3.05, 3.63) is 35.1 Å². The predicted molar refractivity (Wildman–Crippen MR) is 58.3 cm³/mol. The minimum absolute atomic E-state index is 0.0251. The quantitative estimate of drug-likeness (QED) is 0.732. The summed E-state index contributed by atoms with van der Waals surface area (Å²) in [6, 6.07) is 6.25. The van der Waals surface area contributed by atoms with E-state index in [2.05, 4.69) is 0 Å². The molecule has 1 aromatic rings. The molecular weight excluding hydrogens is 207 g/mol. The van der Waals surface area contributed by atoms with E-state index in [0.717, 1.165) is 5.56 Å². The number of halogens is 1. The summed E-state index contributed by atoms with van der Waals surface area (Å²) in [4.78, 5) is 13.2. The molecule has 0 unspecified atom stereocenters. The highest BCUT2D eigenvalue weighted by Gasteiger charge is 2.17. The summed E-state index contributed by atoms with van der Waals surface area (Å²) in [5, 5.41) is 8.55. The van der Waals surface area contributed by atoms with Gasteiger partial charge in [-0.3, -0.25) is 4.79 Å². The molecule has 0 saturated carbocycles. The summed E-state index contributed by atoms with van der Waals surface area (Å²) in [6.45, 7) is 3.90. The maximum atomic E-state index is 13.4. The zero-order chi connectivity index (χ0) is 12.1. The van der Waals surface area contributed by atoms with Gasteiger partial charge in [0.25, 0.3) is 5.91 Å². The van der Waals surface area contributed by atoms with E-state index in [1.807, 2.05) is 6.07 Å². The zero-order valence-corrected chi connectivity index (χ0v) is 9.33. The summed E-state index contributed by atoms with van der Waals surface area (Å²) < 4.78 is 13.4. The third kappa shape index (κ3) is 2.57. The van der Waals surface area contributed by atoms with Gasteiger partial charge in [-0.2, -0.15) is 5.26 Å². The molecule has 0 saturated heterocycles. The van der Waals surface area contributed by atoms with Crippen LogP contribution in [-0.4, -0.2) is 23.9 Å². The van der Waals surface area contributed by atoms with Crippen molar-refractivity contribution < 1.29 is 9.18 Å². The minimum Gasteiger partial charge on any atom is -0.326 e. The van der Waals surface area contributed by atoms with Gasteiger partial charge in [0.05, 0.1) is 11.6 Å². The van der Waals surface area contributed by atoms with Gasteiger partial charge >= 0.3 is 0 Å². The molecule has 0 bridgehead atoms. The van der Waals surface area contributed by atoms with Gasteiger partial charge in [0, 0.05) is 6.54 Å². The number of carbonyl (C=O) groups is 1. The zero-order valence-electron chi connectivity index (χ0n) is 9.33. The normalized spacial score (nSPS) is 9.62. The Morgan fingerprint density at radius 2 is 2.25 bits per heavy atom. The van der Waals surface area contributed by atoms with Gasteiger partial charge in [0.1, 0.15) is 12.4 Å². The van der Waals surface area contributed by atoms with Gasteiger partial charge in [-0.1, -0.05) is 11.6 Å². The van der Waals surface area contributed by atoms with Crippen LogP contribution in [0.3, 0.4) is 0 Å². The van der Waals surface area contributed by atoms with Crippen molar-refractivity contribution in [3.8, 4) is 6.07 Å². The summed E-state index contributed by atoms with van der Waals surface area (Å²) in [5.41, 5.74) is 0.842. The number of nitriles is 1. The average molecular weight is 220 g/mol. The molecule has 0 aliphatic rings. The first-order valence-electron chi connectivity index (χ1n) is 5.02. The highest BCUT2D eigenvalue weighted by atomic mass is 19.1. The van der Waals surface area contributed by atoms with Crippen LogP contribution in [0.15, 0.2) is 18.2 Å². The molecule has 16 heavy (non-hydrogen) atoms. The maximum Gasteiger partial charge on any atom is 0.257 e. The third-order valence-electron chi connectivity index (χ3n) is 2.28. The van der Waals surface area contributed by atoms with E-state index in [1.54, 1.807) is 19.9 Å². The second-order valence-electron chi connectivity index (χ2n) is 3.46. The maximum absolute atomic E-state index is 13.4. The van der Waals surface area contributed by atoms with E-state index >= 15 is 0 Å². The fourth-order valence-corrected chi connectivity index (χ4v) is 1.39. The molecule has 0 atom stereocenters. The van der Waals surface area contributed by atoms with Crippen LogP contribution in [0.1, 0.15) is 22.8 Å². The van der Waals surface area contributed by atoms with Crippen LogP contribution < -0.4 is 0 Å². The largest absolute Gasteiger partial charge is 0.326 e. The van der Waals surface area contributed by atoms with Crippen LogP contribution in [0.5, 0.6) is 0 Å². The van der Waals surface area contributed by atoms with E-state index < -0.39 is 11.7 Å². The first-order chi connectivity index (χ1) is 7.60. The van der Waals surface area contributed by atoms with E-state index in [1.165, 1.54) is 17.0 Å². The Kier molecular flexibility index (Phi) is 4.01. The Hall–Kier alpha value is -1.89. The number of amides is 1. The molecule has 0 aromatic heterocycles. The van der Waals surface area contributed by atoms with Gasteiger partial charge in [0.2, 0.25) is 0 Å². The van der Waals surface area contributed by atoms with Crippen molar-refractivity contribution in [1.82, 2.24) is 4.90 Å². The van der Waals surface area contributed by atoms with Crippen molar-refractivity contribution in [2.45, 2.75) is 13.8 Å². The molecule has 1 amide bonds. The van der Waals surface area contributed by atoms with Crippen LogP contribution in [0.4, 0.5) is 4.39 Å². The summed E-state index contributed by atoms with van der Waals surface area (Å²) >= 11 is 0. The molecule has 0 aliphatic carbocycles. The summed E-state index contributed by atoms with van der Waals surface area (Å²) in [7, 11) is 0. The molecular formula is C12H13FN2O. The Morgan fingerprint density at radius 1 is 1.56 bits per heavy atom. The molecule has 0 spiro atoms. The van der Waals surface area contributed by atoms with E-state index in [0.29, 0.717) is 6.54 Å². The van der Waals surface area contributed by atoms with E-state index in [-0.39, 0.29) is 12.1 Å². The Bertz CT molecular complexity index is 437. The number of nitrogens with zero attached hydrogens (tertiary/aromatic N) is 2. The van der Waals surface area contributed by atoms with Gasteiger partial charge in [-0.25, -0.2) is 4.39 Å². The molecule has 0 radical (unpaired) electrons. The van der Waals surface area contributed by atoms with Gasteiger partial charge < -0.3 is 4.90 Å². The Morgan fingerprint density at radius 3 is 2.81 bits per heavy atom. The molecule has 3 nitrogen and oxygen atoms in total. The molecule has 4 heteroatoms. The van der Waals surface area contributed by atoms with Gasteiger partial charge in [-0.15, -0.1) is 0 Å². The van der Waals surface area contributed by atoms with E-state index in [4.69, 9.17) is 5.26 Å². The van der Waals surface area contributed by atoms with Crippen LogP contribution in [0, 0.1) is 24.1 Å². The SMILES string of the molecule is CCN(CC#N)C(=O)c1cc(C)ccc1F. The summed E-state index contributed by atoms with van der Waals surface area (Å²) in [5.74, 6) is -0.989. The molecule has 0 N–H and O–H groups in total. The monoisotopic (exact) mass is 220 g/mol. The molecule has 0 heterocycles. The number of aryl methyl sites for hydroxylation is 1. The summed E-state index contributed by atoms with van der Waals surface area (Å²) in [6.07, 6.45) is 0. The average Bonchev–Trinajstić information content (AvgIpc) is 2.28.